The average molecular weight is 370 g/mol. The van der Waals surface area contributed by atoms with Crippen molar-refractivity contribution in [2.45, 2.75) is 51.6 Å². The van der Waals surface area contributed by atoms with Gasteiger partial charge >= 0.3 is 0 Å². The number of carbonyl (C=O) groups is 1. The van der Waals surface area contributed by atoms with Crippen LogP contribution in [-0.2, 0) is 7.05 Å². The third kappa shape index (κ3) is 3.04. The van der Waals surface area contributed by atoms with Gasteiger partial charge in [0.2, 0.25) is 0 Å². The lowest BCUT2D eigenvalue weighted by molar-refractivity contribution is 0.0728. The highest BCUT2D eigenvalue weighted by molar-refractivity contribution is 6.06. The van der Waals surface area contributed by atoms with Gasteiger partial charge in [0, 0.05) is 31.9 Å². The molecule has 0 bridgehead atoms. The Morgan fingerprint density at radius 1 is 1.07 bits per heavy atom. The minimum atomic E-state index is 0.107. The van der Waals surface area contributed by atoms with Gasteiger partial charge in [-0.2, -0.15) is 5.10 Å². The van der Waals surface area contributed by atoms with Crippen LogP contribution < -0.4 is 0 Å². The van der Waals surface area contributed by atoms with E-state index in [2.05, 4.69) is 29.1 Å². The third-order valence-corrected chi connectivity index (χ3v) is 6.89. The lowest BCUT2D eigenvalue weighted by atomic mass is 10.0. The van der Waals surface area contributed by atoms with E-state index in [0.29, 0.717) is 12.1 Å². The molecule has 2 fully saturated rings. The van der Waals surface area contributed by atoms with Crippen molar-refractivity contribution in [2.24, 2.45) is 18.9 Å². The first-order valence-corrected chi connectivity index (χ1v) is 10.0. The maximum Gasteiger partial charge on any atom is 0.254 e. The molecule has 2 aromatic heterocycles. The van der Waals surface area contributed by atoms with Crippen LogP contribution in [0.1, 0.15) is 47.4 Å². The predicted octanol–water partition coefficient (Wildman–Crippen LogP) is 2.78. The largest absolute Gasteiger partial charge is 0.339 e. The number of hydrogen-bond donors (Lipinski definition) is 0. The number of amides is 1. The molecule has 27 heavy (non-hydrogen) atoms. The summed E-state index contributed by atoms with van der Waals surface area (Å²) in [5.74, 6) is 1.63. The van der Waals surface area contributed by atoms with Crippen LogP contribution in [0, 0.1) is 25.7 Å². The van der Waals surface area contributed by atoms with Crippen molar-refractivity contribution in [1.29, 1.82) is 0 Å². The van der Waals surface area contributed by atoms with Gasteiger partial charge in [0.1, 0.15) is 0 Å². The smallest absolute Gasteiger partial charge is 0.254 e. The van der Waals surface area contributed by atoms with Crippen molar-refractivity contribution in [3.8, 4) is 0 Å². The van der Waals surface area contributed by atoms with E-state index in [-0.39, 0.29) is 5.91 Å². The van der Waals surface area contributed by atoms with Gasteiger partial charge in [0.05, 0.1) is 16.6 Å². The van der Waals surface area contributed by atoms with Gasteiger partial charge in [0.25, 0.3) is 5.91 Å². The van der Waals surface area contributed by atoms with Crippen LogP contribution in [0.5, 0.6) is 0 Å². The molecule has 2 aliphatic rings. The summed E-state index contributed by atoms with van der Waals surface area (Å²) in [4.78, 5) is 22.4. The molecule has 1 amide bonds. The second kappa shape index (κ2) is 6.59. The van der Waals surface area contributed by atoms with Gasteiger partial charge in [0.15, 0.2) is 5.65 Å². The van der Waals surface area contributed by atoms with Crippen LogP contribution in [-0.4, -0.2) is 63.7 Å². The summed E-state index contributed by atoms with van der Waals surface area (Å²) in [5, 5.41) is 5.38. The lowest BCUT2D eigenvalue weighted by Gasteiger charge is -2.27. The van der Waals surface area contributed by atoms with E-state index in [1.165, 1.54) is 12.8 Å². The zero-order chi connectivity index (χ0) is 19.5. The van der Waals surface area contributed by atoms with Gasteiger partial charge < -0.3 is 9.80 Å². The fourth-order valence-electron chi connectivity index (χ4n) is 5.38. The van der Waals surface area contributed by atoms with Crippen LogP contribution in [0.4, 0.5) is 0 Å². The molecule has 0 aromatic carbocycles. The van der Waals surface area contributed by atoms with Crippen molar-refractivity contribution in [1.82, 2.24) is 24.6 Å². The molecule has 6 nitrogen and oxygen atoms in total. The van der Waals surface area contributed by atoms with E-state index in [1.807, 2.05) is 38.9 Å². The SMILES string of the molecule is Cc1cc(C(=O)N(C)C2C[C@H]3CC(N(C)C)C[C@H]3C2)c2c(C)nn(C)c2n1. The van der Waals surface area contributed by atoms with Crippen LogP contribution in [0.2, 0.25) is 0 Å². The standard InChI is InChI=1S/C21H31N5O/c1-12-7-18(19-13(2)23-26(6)20(19)22-12)21(27)25(5)17-10-14-8-16(24(3)4)9-15(14)11-17/h7,14-17H,8-11H2,1-6H3/t14-,15+,16?,17?. The summed E-state index contributed by atoms with van der Waals surface area (Å²) in [5.41, 5.74) is 3.27. The Labute approximate surface area is 161 Å². The van der Waals surface area contributed by atoms with Crippen LogP contribution in [0.25, 0.3) is 11.0 Å². The average Bonchev–Trinajstić information content (AvgIpc) is 3.25. The first-order valence-electron chi connectivity index (χ1n) is 10.0. The highest BCUT2D eigenvalue weighted by Crippen LogP contribution is 2.46. The molecule has 0 spiro atoms. The van der Waals surface area contributed by atoms with Crippen LogP contribution in [0.3, 0.4) is 0 Å². The van der Waals surface area contributed by atoms with Gasteiger partial charge in [-0.25, -0.2) is 4.98 Å². The fraction of sp³-hybridized carbons (Fsp3) is 0.667. The third-order valence-electron chi connectivity index (χ3n) is 6.89. The Kier molecular flexibility index (Phi) is 4.49. The Hall–Kier alpha value is -1.95. The lowest BCUT2D eigenvalue weighted by Crippen LogP contribution is -2.36. The summed E-state index contributed by atoms with van der Waals surface area (Å²) < 4.78 is 1.77. The molecule has 0 N–H and O–H groups in total. The van der Waals surface area contributed by atoms with Crippen molar-refractivity contribution >= 4 is 16.9 Å². The number of carbonyl (C=O) groups excluding carboxylic acids is 1. The monoisotopic (exact) mass is 369 g/mol. The van der Waals surface area contributed by atoms with Gasteiger partial charge in [-0.15, -0.1) is 0 Å². The number of nitrogens with zero attached hydrogens (tertiary/aromatic N) is 5. The molecule has 2 heterocycles. The highest BCUT2D eigenvalue weighted by atomic mass is 16.2. The van der Waals surface area contributed by atoms with Crippen LogP contribution in [0.15, 0.2) is 6.07 Å². The number of aryl methyl sites for hydroxylation is 3. The predicted molar refractivity (Wildman–Crippen MR) is 107 cm³/mol. The molecule has 6 heteroatoms. The van der Waals surface area contributed by atoms with Gasteiger partial charge in [-0.05, 0) is 71.5 Å². The zero-order valence-corrected chi connectivity index (χ0v) is 17.4. The molecule has 2 unspecified atom stereocenters. The fourth-order valence-corrected chi connectivity index (χ4v) is 5.38. The summed E-state index contributed by atoms with van der Waals surface area (Å²) in [6.45, 7) is 3.90. The van der Waals surface area contributed by atoms with Crippen molar-refractivity contribution in [2.75, 3.05) is 21.1 Å². The topological polar surface area (TPSA) is 54.3 Å². The molecule has 2 aromatic rings. The molecular formula is C21H31N5O. The molecule has 4 atom stereocenters. The Morgan fingerprint density at radius 3 is 2.26 bits per heavy atom. The second-order valence-electron chi connectivity index (χ2n) is 8.87. The molecule has 2 saturated carbocycles. The van der Waals surface area contributed by atoms with E-state index in [0.717, 1.165) is 52.7 Å². The number of pyridine rings is 1. The number of fused-ring (bicyclic) bond motifs is 2. The van der Waals surface area contributed by atoms with Crippen molar-refractivity contribution < 1.29 is 4.79 Å². The molecule has 2 aliphatic carbocycles. The van der Waals surface area contributed by atoms with Crippen molar-refractivity contribution in [3.05, 3.63) is 23.0 Å². The van der Waals surface area contributed by atoms with E-state index in [1.54, 1.807) is 4.68 Å². The first-order chi connectivity index (χ1) is 12.8. The number of hydrogen-bond acceptors (Lipinski definition) is 4. The minimum Gasteiger partial charge on any atom is -0.339 e. The number of aromatic nitrogens is 3. The normalized spacial score (nSPS) is 27.5. The van der Waals surface area contributed by atoms with Crippen LogP contribution >= 0.6 is 0 Å². The molecule has 0 radical (unpaired) electrons. The Morgan fingerprint density at radius 2 is 1.67 bits per heavy atom. The highest BCUT2D eigenvalue weighted by Gasteiger charge is 2.44. The summed E-state index contributed by atoms with van der Waals surface area (Å²) in [7, 11) is 8.24. The zero-order valence-electron chi connectivity index (χ0n) is 17.4. The van der Waals surface area contributed by atoms with E-state index in [9.17, 15) is 4.79 Å². The molecule has 0 aliphatic heterocycles. The molecular weight excluding hydrogens is 338 g/mol. The van der Waals surface area contributed by atoms with Crippen molar-refractivity contribution in [3.63, 3.8) is 0 Å². The maximum atomic E-state index is 13.4. The quantitative estimate of drug-likeness (QED) is 0.835. The summed E-state index contributed by atoms with van der Waals surface area (Å²) >= 11 is 0. The molecule has 0 saturated heterocycles. The summed E-state index contributed by atoms with van der Waals surface area (Å²) in [6.07, 6.45) is 4.82. The van der Waals surface area contributed by atoms with Gasteiger partial charge in [-0.1, -0.05) is 0 Å². The van der Waals surface area contributed by atoms with E-state index in [4.69, 9.17) is 0 Å². The minimum absolute atomic E-state index is 0.107. The summed E-state index contributed by atoms with van der Waals surface area (Å²) in [6, 6.07) is 2.98. The first kappa shape index (κ1) is 18.4. The maximum absolute atomic E-state index is 13.4. The van der Waals surface area contributed by atoms with E-state index < -0.39 is 0 Å². The van der Waals surface area contributed by atoms with E-state index >= 15 is 0 Å². The molecule has 146 valence electrons. The second-order valence-corrected chi connectivity index (χ2v) is 8.87. The Bertz CT molecular complexity index is 872. The van der Waals surface area contributed by atoms with Gasteiger partial charge in [-0.3, -0.25) is 9.48 Å². The number of rotatable bonds is 3. The Balaban J connectivity index is 1.57. The molecule has 4 rings (SSSR count).